The molecule has 2 amide bonds. The van der Waals surface area contributed by atoms with Crippen molar-refractivity contribution >= 4 is 22.6 Å². The summed E-state index contributed by atoms with van der Waals surface area (Å²) in [5, 5.41) is 1.80. The lowest BCUT2D eigenvalue weighted by Gasteiger charge is -2.10. The number of hydrogen-bond acceptors (Lipinski definition) is 2. The third kappa shape index (κ3) is 2.18. The summed E-state index contributed by atoms with van der Waals surface area (Å²) >= 11 is 0. The molecule has 0 aliphatic heterocycles. The summed E-state index contributed by atoms with van der Waals surface area (Å²) in [6, 6.07) is 10.6. The van der Waals surface area contributed by atoms with Gasteiger partial charge in [-0.05, 0) is 35.0 Å². The zero-order valence-electron chi connectivity index (χ0n) is 10.3. The third-order valence-corrected chi connectivity index (χ3v) is 2.78. The summed E-state index contributed by atoms with van der Waals surface area (Å²) in [4.78, 5) is 24.4. The van der Waals surface area contributed by atoms with Crippen LogP contribution in [-0.2, 0) is 0 Å². The summed E-state index contributed by atoms with van der Waals surface area (Å²) in [5.74, 6) is -0.499. The Balaban J connectivity index is 2.51. The van der Waals surface area contributed by atoms with E-state index in [-0.39, 0.29) is 5.91 Å². The Bertz CT molecular complexity index is 633. The van der Waals surface area contributed by atoms with Crippen LogP contribution in [0.25, 0.3) is 10.8 Å². The van der Waals surface area contributed by atoms with E-state index in [1.807, 2.05) is 12.1 Å². The van der Waals surface area contributed by atoms with Gasteiger partial charge in [0.15, 0.2) is 0 Å². The molecule has 2 aromatic rings. The lowest BCUT2D eigenvalue weighted by atomic mass is 10.0. The van der Waals surface area contributed by atoms with Crippen LogP contribution in [0.4, 0.5) is 0 Å². The lowest BCUT2D eigenvalue weighted by molar-refractivity contribution is 0.0827. The molecule has 2 rings (SSSR count). The van der Waals surface area contributed by atoms with E-state index in [4.69, 9.17) is 5.73 Å². The van der Waals surface area contributed by atoms with E-state index in [2.05, 4.69) is 0 Å². The second kappa shape index (κ2) is 4.49. The van der Waals surface area contributed by atoms with Gasteiger partial charge in [0.25, 0.3) is 5.91 Å². The van der Waals surface area contributed by atoms with Gasteiger partial charge in [-0.2, -0.15) is 0 Å². The Morgan fingerprint density at radius 2 is 1.44 bits per heavy atom. The molecule has 4 nitrogen and oxygen atoms in total. The molecular formula is C14H14N2O2. The van der Waals surface area contributed by atoms with Crippen LogP contribution in [-0.4, -0.2) is 30.8 Å². The molecule has 0 spiro atoms. The molecule has 0 saturated carbocycles. The summed E-state index contributed by atoms with van der Waals surface area (Å²) in [6.07, 6.45) is 0. The van der Waals surface area contributed by atoms with Crippen molar-refractivity contribution in [1.29, 1.82) is 0 Å². The number of hydrogen-bond donors (Lipinski definition) is 1. The van der Waals surface area contributed by atoms with Gasteiger partial charge >= 0.3 is 0 Å². The van der Waals surface area contributed by atoms with Crippen LogP contribution in [0.2, 0.25) is 0 Å². The van der Waals surface area contributed by atoms with Crippen LogP contribution in [0, 0.1) is 0 Å². The first kappa shape index (κ1) is 12.1. The van der Waals surface area contributed by atoms with Crippen molar-refractivity contribution in [3.63, 3.8) is 0 Å². The standard InChI is InChI=1S/C14H14N2O2/c1-16(2)14(18)12-6-4-9-7-11(13(15)17)5-3-10(9)8-12/h3-8H,1-2H3,(H2,15,17). The highest BCUT2D eigenvalue weighted by atomic mass is 16.2. The highest BCUT2D eigenvalue weighted by Crippen LogP contribution is 2.18. The number of nitrogens with two attached hydrogens (primary N) is 1. The van der Waals surface area contributed by atoms with Crippen LogP contribution < -0.4 is 5.73 Å². The van der Waals surface area contributed by atoms with Crippen molar-refractivity contribution in [2.75, 3.05) is 14.1 Å². The second-order valence-electron chi connectivity index (χ2n) is 4.34. The number of primary amides is 1. The Labute approximate surface area is 105 Å². The van der Waals surface area contributed by atoms with Crippen molar-refractivity contribution in [2.45, 2.75) is 0 Å². The van der Waals surface area contributed by atoms with E-state index < -0.39 is 5.91 Å². The minimum atomic E-state index is -0.453. The SMILES string of the molecule is CN(C)C(=O)c1ccc2cc(C(N)=O)ccc2c1. The van der Waals surface area contributed by atoms with Gasteiger partial charge in [0, 0.05) is 25.2 Å². The molecule has 0 saturated heterocycles. The smallest absolute Gasteiger partial charge is 0.253 e. The Kier molecular flexibility index (Phi) is 3.02. The van der Waals surface area contributed by atoms with Crippen LogP contribution >= 0.6 is 0 Å². The highest BCUT2D eigenvalue weighted by Gasteiger charge is 2.09. The van der Waals surface area contributed by atoms with Crippen LogP contribution in [0.15, 0.2) is 36.4 Å². The van der Waals surface area contributed by atoms with Gasteiger partial charge < -0.3 is 10.6 Å². The molecule has 0 bridgehead atoms. The van der Waals surface area contributed by atoms with Gasteiger partial charge in [-0.3, -0.25) is 9.59 Å². The van der Waals surface area contributed by atoms with Crippen molar-refractivity contribution in [2.24, 2.45) is 5.73 Å². The molecule has 92 valence electrons. The van der Waals surface area contributed by atoms with Crippen molar-refractivity contribution < 1.29 is 9.59 Å². The fourth-order valence-electron chi connectivity index (χ4n) is 1.79. The van der Waals surface area contributed by atoms with Crippen molar-refractivity contribution in [3.05, 3.63) is 47.5 Å². The average molecular weight is 242 g/mol. The normalized spacial score (nSPS) is 10.3. The van der Waals surface area contributed by atoms with Gasteiger partial charge in [-0.25, -0.2) is 0 Å². The summed E-state index contributed by atoms with van der Waals surface area (Å²) in [6.45, 7) is 0. The number of carbonyl (C=O) groups excluding carboxylic acids is 2. The Morgan fingerprint density at radius 3 is 1.94 bits per heavy atom. The quantitative estimate of drug-likeness (QED) is 0.870. The number of nitrogens with zero attached hydrogens (tertiary/aromatic N) is 1. The van der Waals surface area contributed by atoms with Gasteiger partial charge in [0.1, 0.15) is 0 Å². The molecule has 0 fully saturated rings. The van der Waals surface area contributed by atoms with Gasteiger partial charge in [0.2, 0.25) is 5.91 Å². The maximum Gasteiger partial charge on any atom is 0.253 e. The molecule has 4 heteroatoms. The largest absolute Gasteiger partial charge is 0.366 e. The van der Waals surface area contributed by atoms with Crippen molar-refractivity contribution in [3.8, 4) is 0 Å². The number of carbonyl (C=O) groups is 2. The van der Waals surface area contributed by atoms with Gasteiger partial charge in [-0.1, -0.05) is 12.1 Å². The maximum absolute atomic E-state index is 11.8. The van der Waals surface area contributed by atoms with E-state index in [0.29, 0.717) is 11.1 Å². The fourth-order valence-corrected chi connectivity index (χ4v) is 1.79. The first-order valence-corrected chi connectivity index (χ1v) is 5.54. The first-order valence-electron chi connectivity index (χ1n) is 5.54. The average Bonchev–Trinajstić information content (AvgIpc) is 2.36. The van der Waals surface area contributed by atoms with Crippen LogP contribution in [0.5, 0.6) is 0 Å². The molecule has 0 heterocycles. The lowest BCUT2D eigenvalue weighted by Crippen LogP contribution is -2.21. The molecule has 0 aliphatic carbocycles. The Hall–Kier alpha value is -2.36. The minimum Gasteiger partial charge on any atom is -0.366 e. The topological polar surface area (TPSA) is 63.4 Å². The minimum absolute atomic E-state index is 0.0455. The summed E-state index contributed by atoms with van der Waals surface area (Å²) < 4.78 is 0. The van der Waals surface area contributed by atoms with Crippen LogP contribution in [0.1, 0.15) is 20.7 Å². The van der Waals surface area contributed by atoms with Crippen molar-refractivity contribution in [1.82, 2.24) is 4.90 Å². The molecule has 2 N–H and O–H groups in total. The molecule has 0 atom stereocenters. The number of amides is 2. The van der Waals surface area contributed by atoms with E-state index >= 15 is 0 Å². The van der Waals surface area contributed by atoms with E-state index in [1.165, 1.54) is 4.90 Å². The first-order chi connectivity index (χ1) is 8.49. The number of benzene rings is 2. The maximum atomic E-state index is 11.8. The fraction of sp³-hybridized carbons (Fsp3) is 0.143. The molecule has 2 aromatic carbocycles. The molecule has 18 heavy (non-hydrogen) atoms. The predicted molar refractivity (Wildman–Crippen MR) is 70.5 cm³/mol. The molecule has 0 unspecified atom stereocenters. The summed E-state index contributed by atoms with van der Waals surface area (Å²) in [7, 11) is 3.42. The zero-order valence-corrected chi connectivity index (χ0v) is 10.3. The van der Waals surface area contributed by atoms with E-state index in [1.54, 1.807) is 38.4 Å². The number of rotatable bonds is 2. The summed E-state index contributed by atoms with van der Waals surface area (Å²) in [5.41, 5.74) is 6.31. The monoisotopic (exact) mass is 242 g/mol. The molecule has 0 aromatic heterocycles. The molecule has 0 aliphatic rings. The van der Waals surface area contributed by atoms with Gasteiger partial charge in [0.05, 0.1) is 0 Å². The van der Waals surface area contributed by atoms with E-state index in [9.17, 15) is 9.59 Å². The third-order valence-electron chi connectivity index (χ3n) is 2.78. The molecular weight excluding hydrogens is 228 g/mol. The second-order valence-corrected chi connectivity index (χ2v) is 4.34. The Morgan fingerprint density at radius 1 is 0.944 bits per heavy atom. The van der Waals surface area contributed by atoms with Crippen LogP contribution in [0.3, 0.4) is 0 Å². The zero-order chi connectivity index (χ0) is 13.3. The van der Waals surface area contributed by atoms with E-state index in [0.717, 1.165) is 10.8 Å². The predicted octanol–water partition coefficient (Wildman–Crippen LogP) is 1.64. The molecule has 0 radical (unpaired) electrons. The van der Waals surface area contributed by atoms with Gasteiger partial charge in [-0.15, -0.1) is 0 Å². The highest BCUT2D eigenvalue weighted by molar-refractivity contribution is 6.01. The number of fused-ring (bicyclic) bond motifs is 1.